The van der Waals surface area contributed by atoms with E-state index in [4.69, 9.17) is 14.2 Å². The summed E-state index contributed by atoms with van der Waals surface area (Å²) in [5, 5.41) is 0. The summed E-state index contributed by atoms with van der Waals surface area (Å²) in [5.74, 6) is 0.710. The SMILES string of the molecule is COCC(COC)(COC1CCCCCCCCC1)C1CCC1. The molecule has 3 nitrogen and oxygen atoms in total. The van der Waals surface area contributed by atoms with E-state index in [1.165, 1.54) is 77.0 Å². The average Bonchev–Trinajstić information content (AvgIpc) is 2.50. The molecule has 0 aromatic rings. The van der Waals surface area contributed by atoms with Crippen LogP contribution >= 0.6 is 0 Å². The highest BCUT2D eigenvalue weighted by atomic mass is 16.5. The molecule has 0 aromatic heterocycles. The topological polar surface area (TPSA) is 27.7 Å². The highest BCUT2D eigenvalue weighted by Crippen LogP contribution is 2.43. The van der Waals surface area contributed by atoms with Crippen molar-refractivity contribution < 1.29 is 14.2 Å². The summed E-state index contributed by atoms with van der Waals surface area (Å²) in [6.45, 7) is 2.33. The van der Waals surface area contributed by atoms with Crippen LogP contribution in [-0.4, -0.2) is 40.1 Å². The zero-order chi connectivity index (χ0) is 16.4. The summed E-state index contributed by atoms with van der Waals surface area (Å²) in [4.78, 5) is 0. The van der Waals surface area contributed by atoms with Crippen molar-refractivity contribution in [3.8, 4) is 0 Å². The lowest BCUT2D eigenvalue weighted by Crippen LogP contribution is -2.47. The van der Waals surface area contributed by atoms with Gasteiger partial charge >= 0.3 is 0 Å². The third-order valence-corrected chi connectivity index (χ3v) is 5.99. The van der Waals surface area contributed by atoms with E-state index in [-0.39, 0.29) is 5.41 Å². The van der Waals surface area contributed by atoms with Crippen molar-refractivity contribution in [2.75, 3.05) is 34.0 Å². The minimum Gasteiger partial charge on any atom is -0.384 e. The lowest BCUT2D eigenvalue weighted by molar-refractivity contribution is -0.119. The van der Waals surface area contributed by atoms with Crippen LogP contribution < -0.4 is 0 Å². The average molecular weight is 327 g/mol. The van der Waals surface area contributed by atoms with Gasteiger partial charge in [0.25, 0.3) is 0 Å². The molecule has 2 rings (SSSR count). The molecule has 0 unspecified atom stereocenters. The maximum atomic E-state index is 6.48. The molecule has 0 amide bonds. The lowest BCUT2D eigenvalue weighted by atomic mass is 9.66. The molecule has 0 spiro atoms. The van der Waals surface area contributed by atoms with Gasteiger partial charge in [0.05, 0.1) is 25.9 Å². The van der Waals surface area contributed by atoms with Gasteiger partial charge in [0.2, 0.25) is 0 Å². The van der Waals surface area contributed by atoms with Crippen LogP contribution in [0.15, 0.2) is 0 Å². The van der Waals surface area contributed by atoms with Gasteiger partial charge in [-0.05, 0) is 31.6 Å². The van der Waals surface area contributed by atoms with Gasteiger partial charge in [0, 0.05) is 19.6 Å². The fourth-order valence-corrected chi connectivity index (χ4v) is 4.30. The Labute approximate surface area is 143 Å². The molecule has 0 radical (unpaired) electrons. The van der Waals surface area contributed by atoms with Gasteiger partial charge in [-0.1, -0.05) is 51.4 Å². The molecule has 0 bridgehead atoms. The first-order chi connectivity index (χ1) is 11.3. The van der Waals surface area contributed by atoms with E-state index in [9.17, 15) is 0 Å². The maximum absolute atomic E-state index is 6.48. The second-order valence-corrected chi connectivity index (χ2v) is 7.84. The zero-order valence-corrected chi connectivity index (χ0v) is 15.5. The standard InChI is InChI=1S/C20H38O3/c1-21-15-20(16-22-2,18-11-10-12-18)17-23-19-13-8-6-4-3-5-7-9-14-19/h18-19H,3-17H2,1-2H3. The van der Waals surface area contributed by atoms with Crippen LogP contribution in [0.4, 0.5) is 0 Å². The Morgan fingerprint density at radius 1 is 0.652 bits per heavy atom. The number of hydrogen-bond acceptors (Lipinski definition) is 3. The molecule has 3 heteroatoms. The molecule has 2 aliphatic carbocycles. The van der Waals surface area contributed by atoms with Crippen molar-refractivity contribution in [1.29, 1.82) is 0 Å². The first kappa shape index (κ1) is 19.2. The summed E-state index contributed by atoms with van der Waals surface area (Å²) in [7, 11) is 3.62. The van der Waals surface area contributed by atoms with E-state index in [1.54, 1.807) is 0 Å². The van der Waals surface area contributed by atoms with Crippen LogP contribution in [-0.2, 0) is 14.2 Å². The molecular formula is C20H38O3. The molecule has 0 saturated heterocycles. The van der Waals surface area contributed by atoms with E-state index in [0.717, 1.165) is 19.8 Å². The molecule has 0 heterocycles. The number of rotatable bonds is 8. The predicted molar refractivity (Wildman–Crippen MR) is 94.8 cm³/mol. The minimum absolute atomic E-state index is 0.0665. The van der Waals surface area contributed by atoms with Crippen LogP contribution in [0.2, 0.25) is 0 Å². The highest BCUT2D eigenvalue weighted by molar-refractivity contribution is 4.91. The third kappa shape index (κ3) is 6.03. The van der Waals surface area contributed by atoms with Gasteiger partial charge in [-0.2, -0.15) is 0 Å². The first-order valence-corrected chi connectivity index (χ1v) is 9.90. The van der Waals surface area contributed by atoms with Crippen LogP contribution in [0.3, 0.4) is 0 Å². The molecule has 2 fully saturated rings. The van der Waals surface area contributed by atoms with Crippen LogP contribution in [0.25, 0.3) is 0 Å². The van der Waals surface area contributed by atoms with Crippen LogP contribution in [0.1, 0.15) is 77.0 Å². The molecular weight excluding hydrogens is 288 g/mol. The summed E-state index contributed by atoms with van der Waals surface area (Å²) in [6, 6.07) is 0. The zero-order valence-electron chi connectivity index (χ0n) is 15.5. The Balaban J connectivity index is 1.88. The predicted octanol–water partition coefficient (Wildman–Crippen LogP) is 4.98. The van der Waals surface area contributed by atoms with Crippen molar-refractivity contribution in [1.82, 2.24) is 0 Å². The Hall–Kier alpha value is -0.120. The molecule has 0 aromatic carbocycles. The number of methoxy groups -OCH3 is 2. The molecule has 2 saturated carbocycles. The fraction of sp³-hybridized carbons (Fsp3) is 1.00. The Bertz CT molecular complexity index is 285. The maximum Gasteiger partial charge on any atom is 0.0575 e. The van der Waals surface area contributed by atoms with Gasteiger partial charge in [-0.25, -0.2) is 0 Å². The quantitative estimate of drug-likeness (QED) is 0.630. The minimum atomic E-state index is 0.0665. The van der Waals surface area contributed by atoms with Crippen molar-refractivity contribution in [2.45, 2.75) is 83.2 Å². The van der Waals surface area contributed by atoms with Gasteiger partial charge < -0.3 is 14.2 Å². The van der Waals surface area contributed by atoms with E-state index in [2.05, 4.69) is 0 Å². The molecule has 0 aliphatic heterocycles. The summed E-state index contributed by atoms with van der Waals surface area (Å²) in [6.07, 6.45) is 16.5. The highest BCUT2D eigenvalue weighted by Gasteiger charge is 2.43. The normalized spacial score (nSPS) is 22.7. The fourth-order valence-electron chi connectivity index (χ4n) is 4.30. The van der Waals surface area contributed by atoms with Gasteiger partial charge in [-0.3, -0.25) is 0 Å². The first-order valence-electron chi connectivity index (χ1n) is 9.90. The molecule has 136 valence electrons. The Morgan fingerprint density at radius 3 is 1.61 bits per heavy atom. The van der Waals surface area contributed by atoms with Crippen molar-refractivity contribution in [3.05, 3.63) is 0 Å². The van der Waals surface area contributed by atoms with E-state index in [1.807, 2.05) is 14.2 Å². The number of hydrogen-bond donors (Lipinski definition) is 0. The van der Waals surface area contributed by atoms with Gasteiger partial charge in [0.1, 0.15) is 0 Å². The smallest absolute Gasteiger partial charge is 0.0575 e. The summed E-state index contributed by atoms with van der Waals surface area (Å²) >= 11 is 0. The van der Waals surface area contributed by atoms with Crippen molar-refractivity contribution >= 4 is 0 Å². The van der Waals surface area contributed by atoms with E-state index in [0.29, 0.717) is 12.0 Å². The molecule has 2 aliphatic rings. The van der Waals surface area contributed by atoms with Crippen molar-refractivity contribution in [3.63, 3.8) is 0 Å². The van der Waals surface area contributed by atoms with Crippen LogP contribution in [0, 0.1) is 11.3 Å². The van der Waals surface area contributed by atoms with E-state index < -0.39 is 0 Å². The molecule has 0 N–H and O–H groups in total. The van der Waals surface area contributed by atoms with E-state index >= 15 is 0 Å². The Morgan fingerprint density at radius 2 is 1.17 bits per heavy atom. The van der Waals surface area contributed by atoms with Crippen LogP contribution in [0.5, 0.6) is 0 Å². The van der Waals surface area contributed by atoms with Crippen molar-refractivity contribution in [2.24, 2.45) is 11.3 Å². The molecule has 0 atom stereocenters. The second kappa shape index (κ2) is 10.7. The van der Waals surface area contributed by atoms with Gasteiger partial charge in [-0.15, -0.1) is 0 Å². The number of ether oxygens (including phenoxy) is 3. The van der Waals surface area contributed by atoms with Gasteiger partial charge in [0.15, 0.2) is 0 Å². The summed E-state index contributed by atoms with van der Waals surface area (Å²) in [5.41, 5.74) is 0.0665. The molecule has 23 heavy (non-hydrogen) atoms. The monoisotopic (exact) mass is 326 g/mol. The summed E-state index contributed by atoms with van der Waals surface area (Å²) < 4.78 is 17.6. The second-order valence-electron chi connectivity index (χ2n) is 7.84. The lowest BCUT2D eigenvalue weighted by Gasteiger charge is -2.45. The third-order valence-electron chi connectivity index (χ3n) is 5.99. The Kier molecular flexibility index (Phi) is 8.92. The largest absolute Gasteiger partial charge is 0.384 e.